The highest BCUT2D eigenvalue weighted by molar-refractivity contribution is 6.30. The number of esters is 1. The van der Waals surface area contributed by atoms with Gasteiger partial charge < -0.3 is 4.74 Å². The van der Waals surface area contributed by atoms with Crippen molar-refractivity contribution >= 4 is 17.6 Å². The third-order valence-electron chi connectivity index (χ3n) is 2.61. The van der Waals surface area contributed by atoms with E-state index < -0.39 is 5.60 Å². The van der Waals surface area contributed by atoms with Crippen molar-refractivity contribution in [3.05, 3.63) is 34.9 Å². The maximum atomic E-state index is 11.9. The number of halogens is 1. The van der Waals surface area contributed by atoms with Crippen molar-refractivity contribution in [1.29, 1.82) is 0 Å². The van der Waals surface area contributed by atoms with Crippen LogP contribution in [0, 0.1) is 0 Å². The molecule has 0 heterocycles. The van der Waals surface area contributed by atoms with Crippen molar-refractivity contribution in [2.45, 2.75) is 52.3 Å². The van der Waals surface area contributed by atoms with Crippen molar-refractivity contribution in [3.8, 4) is 0 Å². The number of carbonyl (C=O) groups is 1. The van der Waals surface area contributed by atoms with Gasteiger partial charge in [-0.05, 0) is 52.3 Å². The van der Waals surface area contributed by atoms with Crippen molar-refractivity contribution in [2.75, 3.05) is 0 Å². The molecule has 0 bridgehead atoms. The van der Waals surface area contributed by atoms with Crippen LogP contribution in [0.5, 0.6) is 0 Å². The van der Waals surface area contributed by atoms with E-state index >= 15 is 0 Å². The molecule has 0 aliphatic rings. The summed E-state index contributed by atoms with van der Waals surface area (Å²) >= 11 is 5.96. The number of benzene rings is 1. The molecule has 0 amide bonds. The summed E-state index contributed by atoms with van der Waals surface area (Å²) < 4.78 is 5.33. The molecule has 0 saturated carbocycles. The highest BCUT2D eigenvalue weighted by Crippen LogP contribution is 2.18. The van der Waals surface area contributed by atoms with Gasteiger partial charge in [0.05, 0.1) is 0 Å². The van der Waals surface area contributed by atoms with Crippen molar-refractivity contribution in [1.82, 2.24) is 5.32 Å². The molecule has 0 saturated heterocycles. The van der Waals surface area contributed by atoms with Gasteiger partial charge in [0.15, 0.2) is 0 Å². The highest BCUT2D eigenvalue weighted by atomic mass is 35.5. The molecule has 0 aliphatic carbocycles. The molecular weight excluding hydrogens is 262 g/mol. The first-order valence-electron chi connectivity index (χ1n) is 6.43. The molecule has 0 fully saturated rings. The van der Waals surface area contributed by atoms with Gasteiger partial charge in [0.25, 0.3) is 0 Å². The van der Waals surface area contributed by atoms with Crippen molar-refractivity contribution in [3.63, 3.8) is 0 Å². The van der Waals surface area contributed by atoms with Crippen LogP contribution in [0.2, 0.25) is 5.02 Å². The zero-order chi connectivity index (χ0) is 14.6. The second-order valence-corrected chi connectivity index (χ2v) is 6.13. The molecule has 3 nitrogen and oxygen atoms in total. The molecular formula is C15H22ClNO2. The quantitative estimate of drug-likeness (QED) is 0.856. The summed E-state index contributed by atoms with van der Waals surface area (Å²) in [5.41, 5.74) is 0.578. The van der Waals surface area contributed by atoms with Gasteiger partial charge >= 0.3 is 5.97 Å². The largest absolute Gasteiger partial charge is 0.459 e. The second kappa shape index (κ2) is 6.40. The zero-order valence-electron chi connectivity index (χ0n) is 12.2. The summed E-state index contributed by atoms with van der Waals surface area (Å²) in [7, 11) is 0. The van der Waals surface area contributed by atoms with Crippen LogP contribution >= 0.6 is 11.6 Å². The molecule has 0 spiro atoms. The van der Waals surface area contributed by atoms with Crippen LogP contribution in [0.15, 0.2) is 24.3 Å². The van der Waals surface area contributed by atoms with Gasteiger partial charge in [0.1, 0.15) is 11.6 Å². The Balaban J connectivity index is 2.61. The smallest absolute Gasteiger partial charge is 0.323 e. The van der Waals surface area contributed by atoms with E-state index in [-0.39, 0.29) is 18.1 Å². The van der Waals surface area contributed by atoms with E-state index in [0.29, 0.717) is 5.02 Å². The average molecular weight is 284 g/mol. The topological polar surface area (TPSA) is 38.3 Å². The predicted molar refractivity (Wildman–Crippen MR) is 78.3 cm³/mol. The molecule has 2 atom stereocenters. The third-order valence-corrected chi connectivity index (χ3v) is 2.84. The summed E-state index contributed by atoms with van der Waals surface area (Å²) in [6.07, 6.45) is 0. The van der Waals surface area contributed by atoms with Gasteiger partial charge in [0.2, 0.25) is 0 Å². The van der Waals surface area contributed by atoms with Gasteiger partial charge in [-0.2, -0.15) is 0 Å². The number of nitrogens with one attached hydrogen (secondary N) is 1. The molecule has 0 aromatic heterocycles. The Morgan fingerprint density at radius 1 is 1.32 bits per heavy atom. The summed E-state index contributed by atoms with van der Waals surface area (Å²) in [4.78, 5) is 11.9. The van der Waals surface area contributed by atoms with E-state index in [1.807, 2.05) is 52.0 Å². The van der Waals surface area contributed by atoms with Crippen LogP contribution in [-0.2, 0) is 9.53 Å². The minimum Gasteiger partial charge on any atom is -0.459 e. The van der Waals surface area contributed by atoms with Crippen molar-refractivity contribution in [2.24, 2.45) is 0 Å². The SMILES string of the molecule is CC(N[C@@H](C)c1cccc(Cl)c1)C(=O)OC(C)(C)C. The highest BCUT2D eigenvalue weighted by Gasteiger charge is 2.23. The first-order chi connectivity index (χ1) is 8.69. The van der Waals surface area contributed by atoms with Gasteiger partial charge in [-0.3, -0.25) is 10.1 Å². The fourth-order valence-electron chi connectivity index (χ4n) is 1.71. The number of ether oxygens (including phenoxy) is 1. The summed E-state index contributed by atoms with van der Waals surface area (Å²) in [5, 5.41) is 3.90. The summed E-state index contributed by atoms with van der Waals surface area (Å²) in [5.74, 6) is -0.249. The van der Waals surface area contributed by atoms with E-state index in [2.05, 4.69) is 5.32 Å². The lowest BCUT2D eigenvalue weighted by molar-refractivity contribution is -0.157. The molecule has 4 heteroatoms. The molecule has 106 valence electrons. The Morgan fingerprint density at radius 2 is 1.95 bits per heavy atom. The van der Waals surface area contributed by atoms with Crippen LogP contribution in [-0.4, -0.2) is 17.6 Å². The van der Waals surface area contributed by atoms with Crippen LogP contribution in [0.1, 0.15) is 46.2 Å². The molecule has 1 N–H and O–H groups in total. The third kappa shape index (κ3) is 5.62. The molecule has 1 aromatic rings. The lowest BCUT2D eigenvalue weighted by atomic mass is 10.1. The van der Waals surface area contributed by atoms with Crippen LogP contribution in [0.3, 0.4) is 0 Å². The maximum Gasteiger partial charge on any atom is 0.323 e. The Bertz CT molecular complexity index is 440. The Morgan fingerprint density at radius 3 is 2.47 bits per heavy atom. The fourth-order valence-corrected chi connectivity index (χ4v) is 1.90. The number of hydrogen-bond donors (Lipinski definition) is 1. The molecule has 19 heavy (non-hydrogen) atoms. The van der Waals surface area contributed by atoms with E-state index in [1.54, 1.807) is 6.92 Å². The summed E-state index contributed by atoms with van der Waals surface area (Å²) in [6.45, 7) is 9.37. The number of carbonyl (C=O) groups excluding carboxylic acids is 1. The predicted octanol–water partition coefficient (Wildman–Crippen LogP) is 3.72. The van der Waals surface area contributed by atoms with E-state index in [9.17, 15) is 4.79 Å². The molecule has 1 aromatic carbocycles. The number of rotatable bonds is 4. The molecule has 0 radical (unpaired) electrons. The molecule has 1 unspecified atom stereocenters. The number of hydrogen-bond acceptors (Lipinski definition) is 3. The Hall–Kier alpha value is -1.06. The van der Waals surface area contributed by atoms with Gasteiger partial charge in [-0.15, -0.1) is 0 Å². The van der Waals surface area contributed by atoms with Crippen LogP contribution in [0.25, 0.3) is 0 Å². The van der Waals surface area contributed by atoms with E-state index in [4.69, 9.17) is 16.3 Å². The minimum atomic E-state index is -0.466. The van der Waals surface area contributed by atoms with Crippen molar-refractivity contribution < 1.29 is 9.53 Å². The van der Waals surface area contributed by atoms with Crippen LogP contribution < -0.4 is 5.32 Å². The van der Waals surface area contributed by atoms with Gasteiger partial charge in [-0.25, -0.2) is 0 Å². The molecule has 1 rings (SSSR count). The van der Waals surface area contributed by atoms with Gasteiger partial charge in [-0.1, -0.05) is 23.7 Å². The fraction of sp³-hybridized carbons (Fsp3) is 0.533. The monoisotopic (exact) mass is 283 g/mol. The normalized spacial score (nSPS) is 14.8. The van der Waals surface area contributed by atoms with Gasteiger partial charge in [0, 0.05) is 11.1 Å². The summed E-state index contributed by atoms with van der Waals surface area (Å²) in [6, 6.07) is 7.25. The molecule has 0 aliphatic heterocycles. The van der Waals surface area contributed by atoms with E-state index in [0.717, 1.165) is 5.56 Å². The lowest BCUT2D eigenvalue weighted by Gasteiger charge is -2.24. The first kappa shape index (κ1) is 16.0. The van der Waals surface area contributed by atoms with Crippen LogP contribution in [0.4, 0.5) is 0 Å². The Labute approximate surface area is 120 Å². The standard InChI is InChI=1S/C15H22ClNO2/c1-10(12-7-6-8-13(16)9-12)17-11(2)14(18)19-15(3,4)5/h6-11,17H,1-5H3/t10-,11?/m0/s1. The van der Waals surface area contributed by atoms with E-state index in [1.165, 1.54) is 0 Å². The maximum absolute atomic E-state index is 11.9. The minimum absolute atomic E-state index is 0.0289. The zero-order valence-corrected chi connectivity index (χ0v) is 12.9. The Kier molecular flexibility index (Phi) is 5.39. The lowest BCUT2D eigenvalue weighted by Crippen LogP contribution is -2.40. The first-order valence-corrected chi connectivity index (χ1v) is 6.81. The average Bonchev–Trinajstić information content (AvgIpc) is 2.26. The second-order valence-electron chi connectivity index (χ2n) is 5.70.